The average molecular weight is 987 g/mol. The number of rotatable bonds is 10. The zero-order chi connectivity index (χ0) is 50.3. The number of ether oxygens (including phenoxy) is 2. The van der Waals surface area contributed by atoms with E-state index in [4.69, 9.17) is 9.47 Å². The van der Waals surface area contributed by atoms with Gasteiger partial charge < -0.3 is 61.0 Å². The summed E-state index contributed by atoms with van der Waals surface area (Å²) in [6.07, 6.45) is -8.62. The van der Waals surface area contributed by atoms with Gasteiger partial charge in [0.25, 0.3) is 0 Å². The van der Waals surface area contributed by atoms with Gasteiger partial charge in [0.15, 0.2) is 12.2 Å². The molecule has 380 valence electrons. The van der Waals surface area contributed by atoms with Crippen LogP contribution < -0.4 is 40.5 Å². The average Bonchev–Trinajstić information content (AvgIpc) is 3.54. The van der Waals surface area contributed by atoms with Crippen LogP contribution in [-0.4, -0.2) is 97.3 Å². The molecule has 0 aromatic heterocycles. The summed E-state index contributed by atoms with van der Waals surface area (Å²) in [4.78, 5) is 29.6. The lowest BCUT2D eigenvalue weighted by Gasteiger charge is -2.27. The van der Waals surface area contributed by atoms with Crippen LogP contribution in [0, 0.1) is 0 Å². The van der Waals surface area contributed by atoms with Crippen LogP contribution in [0.3, 0.4) is 0 Å². The Bertz CT molecular complexity index is 2280. The Hall–Kier alpha value is -5.96. The molecule has 2 heterocycles. The van der Waals surface area contributed by atoms with E-state index in [2.05, 4.69) is 21.3 Å². The maximum atomic E-state index is 13.5. The largest absolute Gasteiger partial charge is 0.494 e. The predicted octanol–water partition coefficient (Wildman–Crippen LogP) is 8.90. The molecule has 8 N–H and O–H groups in total. The zero-order valence-electron chi connectivity index (χ0n) is 38.9. The topological polar surface area (TPSA) is 188 Å². The minimum atomic E-state index is -4.91. The monoisotopic (exact) mass is 986 g/mol. The molecule has 20 heteroatoms. The van der Waals surface area contributed by atoms with Gasteiger partial charge in [-0.3, -0.25) is 0 Å². The van der Waals surface area contributed by atoms with Gasteiger partial charge in [0.1, 0.15) is 11.5 Å². The Morgan fingerprint density at radius 1 is 0.571 bits per heavy atom. The molecular weight excluding hydrogens is 927 g/mol. The van der Waals surface area contributed by atoms with Gasteiger partial charge in [0, 0.05) is 48.7 Å². The fourth-order valence-electron chi connectivity index (χ4n) is 9.76. The second-order valence-corrected chi connectivity index (χ2v) is 18.0. The van der Waals surface area contributed by atoms with Gasteiger partial charge in [-0.2, -0.15) is 26.3 Å². The number of aliphatic hydroxyl groups is 4. The second-order valence-electron chi connectivity index (χ2n) is 18.0. The van der Waals surface area contributed by atoms with Crippen LogP contribution in [-0.2, 0) is 12.8 Å². The molecule has 4 aromatic rings. The first-order chi connectivity index (χ1) is 33.4. The lowest BCUT2D eigenvalue weighted by atomic mass is 10.0. The minimum absolute atomic E-state index is 0.00930. The third-order valence-corrected chi connectivity index (χ3v) is 13.3. The van der Waals surface area contributed by atoms with E-state index in [0.29, 0.717) is 50.4 Å². The number of halogens is 6. The van der Waals surface area contributed by atoms with Gasteiger partial charge in [-0.05, 0) is 85.0 Å². The number of alkyl halides is 6. The van der Waals surface area contributed by atoms with Crippen molar-refractivity contribution < 1.29 is 65.8 Å². The number of carbonyl (C=O) groups excluding carboxylic acids is 2. The number of benzene rings is 4. The van der Waals surface area contributed by atoms with Gasteiger partial charge in [-0.1, -0.05) is 74.2 Å². The van der Waals surface area contributed by atoms with Crippen LogP contribution in [0.2, 0.25) is 0 Å². The van der Waals surface area contributed by atoms with Crippen LogP contribution >= 0.6 is 0 Å². The maximum absolute atomic E-state index is 13.5. The SMILES string of the molecule is COc1c(NC(=O)N[C@@H]2Cc3ccccc3[C@@H]2O)cc(N2CCCCCC2)cc1[C@@H](O)C(F)(F)F.COc1c(NC(=O)N[C@@H]2Cc3ccccc3[C@@H]2O)cc(N2CCCCCC2)cc1[C@H](O)C(F)(F)F. The van der Waals surface area contributed by atoms with Crippen molar-refractivity contribution >= 4 is 34.8 Å². The molecule has 4 aliphatic rings. The molecule has 2 aliphatic heterocycles. The Balaban J connectivity index is 0.000000206. The lowest BCUT2D eigenvalue weighted by molar-refractivity contribution is -0.207. The van der Waals surface area contributed by atoms with E-state index in [1.54, 1.807) is 36.4 Å². The molecule has 0 saturated carbocycles. The molecular formula is C50H60F6N6O8. The van der Waals surface area contributed by atoms with Crippen LogP contribution in [0.25, 0.3) is 0 Å². The summed E-state index contributed by atoms with van der Waals surface area (Å²) >= 11 is 0. The van der Waals surface area contributed by atoms with E-state index >= 15 is 0 Å². The van der Waals surface area contributed by atoms with Crippen LogP contribution in [0.5, 0.6) is 11.5 Å². The number of anilines is 4. The fraction of sp³-hybridized carbons (Fsp3) is 0.480. The molecule has 6 atom stereocenters. The number of hydrogen-bond donors (Lipinski definition) is 8. The number of carbonyl (C=O) groups is 2. The van der Waals surface area contributed by atoms with Gasteiger partial charge in [0.2, 0.25) is 0 Å². The van der Waals surface area contributed by atoms with Gasteiger partial charge >= 0.3 is 24.4 Å². The molecule has 2 saturated heterocycles. The van der Waals surface area contributed by atoms with E-state index in [1.165, 1.54) is 26.4 Å². The van der Waals surface area contributed by atoms with Crippen molar-refractivity contribution in [3.05, 3.63) is 106 Å². The molecule has 2 fully saturated rings. The van der Waals surface area contributed by atoms with E-state index in [0.717, 1.165) is 73.6 Å². The third-order valence-electron chi connectivity index (χ3n) is 13.3. The summed E-state index contributed by atoms with van der Waals surface area (Å²) in [5.41, 5.74) is 3.32. The number of urea groups is 2. The van der Waals surface area contributed by atoms with Crippen molar-refractivity contribution in [3.8, 4) is 11.5 Å². The molecule has 2 aliphatic carbocycles. The van der Waals surface area contributed by atoms with Crippen LogP contribution in [0.1, 0.15) is 109 Å². The van der Waals surface area contributed by atoms with Crippen molar-refractivity contribution in [2.75, 3.05) is 60.8 Å². The quantitative estimate of drug-likeness (QED) is 0.0714. The molecule has 70 heavy (non-hydrogen) atoms. The zero-order valence-corrected chi connectivity index (χ0v) is 38.9. The number of fused-ring (bicyclic) bond motifs is 2. The standard InChI is InChI=1S/2C25H30F3N3O4/c2*1-35-22-18(23(33)25(26,27)28)13-16(31-10-6-2-3-7-11-31)14-20(22)30-24(34)29-19-12-15-8-4-5-9-17(15)21(19)32/h2*4-5,8-9,13-14,19,21,23,32-33H,2-3,6-7,10-12H2,1H3,(H2,29,30,34)/t19-,21+,23+;19-,21+,23-/m11/s1. The summed E-state index contributed by atoms with van der Waals surface area (Å²) in [6.45, 7) is 2.64. The Kier molecular flexibility index (Phi) is 16.6. The van der Waals surface area contributed by atoms with Crippen molar-refractivity contribution in [1.29, 1.82) is 0 Å². The Morgan fingerprint density at radius 3 is 1.23 bits per heavy atom. The van der Waals surface area contributed by atoms with E-state index in [9.17, 15) is 56.4 Å². The highest BCUT2D eigenvalue weighted by Crippen LogP contribution is 2.45. The number of amides is 4. The summed E-state index contributed by atoms with van der Waals surface area (Å²) in [5.74, 6) is -0.530. The van der Waals surface area contributed by atoms with Crippen molar-refractivity contribution in [2.45, 2.75) is 113 Å². The van der Waals surface area contributed by atoms with E-state index in [1.807, 2.05) is 34.1 Å². The van der Waals surface area contributed by atoms with Crippen molar-refractivity contribution in [3.63, 3.8) is 0 Å². The maximum Gasteiger partial charge on any atom is 0.418 e. The molecule has 14 nitrogen and oxygen atoms in total. The molecule has 0 spiro atoms. The third kappa shape index (κ3) is 12.1. The molecule has 8 rings (SSSR count). The smallest absolute Gasteiger partial charge is 0.418 e. The summed E-state index contributed by atoms with van der Waals surface area (Å²) in [6, 6.07) is 17.7. The highest BCUT2D eigenvalue weighted by Gasteiger charge is 2.44. The van der Waals surface area contributed by atoms with Gasteiger partial charge in [0.05, 0.1) is 49.9 Å². The van der Waals surface area contributed by atoms with Crippen molar-refractivity contribution in [1.82, 2.24) is 10.6 Å². The number of nitrogens with zero attached hydrogens (tertiary/aromatic N) is 2. The van der Waals surface area contributed by atoms with Crippen LogP contribution in [0.15, 0.2) is 72.8 Å². The summed E-state index contributed by atoms with van der Waals surface area (Å²) in [7, 11) is 2.38. The van der Waals surface area contributed by atoms with Gasteiger partial charge in [-0.25, -0.2) is 9.59 Å². The van der Waals surface area contributed by atoms with E-state index in [-0.39, 0.29) is 22.9 Å². The number of methoxy groups -OCH3 is 2. The highest BCUT2D eigenvalue weighted by atomic mass is 19.4. The second kappa shape index (κ2) is 22.4. The number of nitrogens with one attached hydrogen (secondary N) is 4. The first kappa shape index (κ1) is 51.9. The molecule has 0 radical (unpaired) electrons. The van der Waals surface area contributed by atoms with Crippen LogP contribution in [0.4, 0.5) is 58.7 Å². The summed E-state index contributed by atoms with van der Waals surface area (Å²) in [5, 5.41) is 51.9. The fourth-order valence-corrected chi connectivity index (χ4v) is 9.76. The Labute approximate surface area is 402 Å². The first-order valence-corrected chi connectivity index (χ1v) is 23.5. The number of aliphatic hydroxyl groups excluding tert-OH is 4. The van der Waals surface area contributed by atoms with Crippen molar-refractivity contribution in [2.24, 2.45) is 0 Å². The molecule has 0 bridgehead atoms. The van der Waals surface area contributed by atoms with Gasteiger partial charge in [-0.15, -0.1) is 0 Å². The molecule has 4 amide bonds. The Morgan fingerprint density at radius 2 is 0.914 bits per heavy atom. The molecule has 4 aromatic carbocycles. The first-order valence-electron chi connectivity index (χ1n) is 23.5. The summed E-state index contributed by atoms with van der Waals surface area (Å²) < 4.78 is 91.4. The molecule has 0 unspecified atom stereocenters. The normalized spacial score (nSPS) is 21.1. The number of hydrogen-bond acceptors (Lipinski definition) is 10. The minimum Gasteiger partial charge on any atom is -0.494 e. The predicted molar refractivity (Wildman–Crippen MR) is 251 cm³/mol. The van der Waals surface area contributed by atoms with E-state index < -0.39 is 72.0 Å². The highest BCUT2D eigenvalue weighted by molar-refractivity contribution is 5.93. The lowest BCUT2D eigenvalue weighted by Crippen LogP contribution is -2.40.